The fraction of sp³-hybridized carbons (Fsp3) is 0.250. The molecule has 0 saturated heterocycles. The summed E-state index contributed by atoms with van der Waals surface area (Å²) in [5.41, 5.74) is 1.98. The van der Waals surface area contributed by atoms with Crippen molar-refractivity contribution in [2.75, 3.05) is 26.0 Å². The number of likely N-dealkylation sites (N-methyl/N-ethyl adjacent to an activating group) is 1. The molecule has 0 atom stereocenters. The SMILES string of the molecule is COc1cccc(NC(=S)N(C)CCc2ccccn2)c1. The van der Waals surface area contributed by atoms with Crippen molar-refractivity contribution in [2.24, 2.45) is 0 Å². The van der Waals surface area contributed by atoms with Gasteiger partial charge in [0.1, 0.15) is 5.75 Å². The van der Waals surface area contributed by atoms with E-state index in [1.807, 2.05) is 60.6 Å². The molecule has 0 bridgehead atoms. The van der Waals surface area contributed by atoms with Gasteiger partial charge in [-0.2, -0.15) is 0 Å². The fourth-order valence-electron chi connectivity index (χ4n) is 1.85. The maximum atomic E-state index is 5.41. The first-order valence-electron chi connectivity index (χ1n) is 6.75. The molecule has 0 amide bonds. The lowest BCUT2D eigenvalue weighted by atomic mass is 10.2. The van der Waals surface area contributed by atoms with Gasteiger partial charge in [-0.1, -0.05) is 12.1 Å². The fourth-order valence-corrected chi connectivity index (χ4v) is 2.06. The second-order valence-electron chi connectivity index (χ2n) is 4.65. The number of rotatable bonds is 5. The molecule has 1 aromatic heterocycles. The summed E-state index contributed by atoms with van der Waals surface area (Å²) >= 11 is 5.41. The van der Waals surface area contributed by atoms with Gasteiger partial charge in [0.05, 0.1) is 7.11 Å². The van der Waals surface area contributed by atoms with Crippen LogP contribution in [0.5, 0.6) is 5.75 Å². The third kappa shape index (κ3) is 4.72. The summed E-state index contributed by atoms with van der Waals surface area (Å²) in [7, 11) is 3.62. The van der Waals surface area contributed by atoms with Crippen LogP contribution in [0.4, 0.5) is 5.69 Å². The maximum Gasteiger partial charge on any atom is 0.173 e. The number of hydrogen-bond donors (Lipinski definition) is 1. The second-order valence-corrected chi connectivity index (χ2v) is 5.04. The summed E-state index contributed by atoms with van der Waals surface area (Å²) < 4.78 is 5.20. The van der Waals surface area contributed by atoms with Crippen molar-refractivity contribution in [1.82, 2.24) is 9.88 Å². The summed E-state index contributed by atoms with van der Waals surface area (Å²) in [4.78, 5) is 6.31. The standard InChI is InChI=1S/C16H19N3OS/c1-19(11-9-13-6-3-4-10-17-13)16(21)18-14-7-5-8-15(12-14)20-2/h3-8,10,12H,9,11H2,1-2H3,(H,18,21). The predicted octanol–water partition coefficient (Wildman–Crippen LogP) is 2.96. The van der Waals surface area contributed by atoms with Gasteiger partial charge in [-0.3, -0.25) is 4.98 Å². The van der Waals surface area contributed by atoms with Crippen molar-refractivity contribution in [1.29, 1.82) is 0 Å². The summed E-state index contributed by atoms with van der Waals surface area (Å²) in [6.07, 6.45) is 2.67. The van der Waals surface area contributed by atoms with E-state index in [-0.39, 0.29) is 0 Å². The number of pyridine rings is 1. The largest absolute Gasteiger partial charge is 0.497 e. The Labute approximate surface area is 130 Å². The number of methoxy groups -OCH3 is 1. The van der Waals surface area contributed by atoms with Crippen LogP contribution in [0, 0.1) is 0 Å². The zero-order valence-electron chi connectivity index (χ0n) is 12.2. The van der Waals surface area contributed by atoms with Crippen LogP contribution in [0.1, 0.15) is 5.69 Å². The first kappa shape index (κ1) is 15.3. The first-order chi connectivity index (χ1) is 10.2. The van der Waals surface area contributed by atoms with Gasteiger partial charge in [0.15, 0.2) is 5.11 Å². The molecule has 2 aromatic rings. The quantitative estimate of drug-likeness (QED) is 0.859. The van der Waals surface area contributed by atoms with E-state index in [0.29, 0.717) is 5.11 Å². The van der Waals surface area contributed by atoms with E-state index in [0.717, 1.165) is 30.1 Å². The van der Waals surface area contributed by atoms with E-state index < -0.39 is 0 Å². The van der Waals surface area contributed by atoms with Crippen LogP contribution in [0.2, 0.25) is 0 Å². The van der Waals surface area contributed by atoms with Gasteiger partial charge in [0.25, 0.3) is 0 Å². The molecule has 0 fully saturated rings. The van der Waals surface area contributed by atoms with Gasteiger partial charge in [0, 0.05) is 43.7 Å². The van der Waals surface area contributed by atoms with E-state index in [1.165, 1.54) is 0 Å². The Morgan fingerprint density at radius 1 is 1.29 bits per heavy atom. The van der Waals surface area contributed by atoms with Gasteiger partial charge in [0.2, 0.25) is 0 Å². The molecule has 0 saturated carbocycles. The van der Waals surface area contributed by atoms with E-state index in [9.17, 15) is 0 Å². The molecule has 0 aliphatic carbocycles. The zero-order valence-corrected chi connectivity index (χ0v) is 13.1. The van der Waals surface area contributed by atoms with Crippen LogP contribution in [0.15, 0.2) is 48.7 Å². The summed E-state index contributed by atoms with van der Waals surface area (Å²) in [5.74, 6) is 0.805. The Morgan fingerprint density at radius 2 is 2.14 bits per heavy atom. The van der Waals surface area contributed by atoms with Crippen LogP contribution < -0.4 is 10.1 Å². The minimum atomic E-state index is 0.680. The van der Waals surface area contributed by atoms with E-state index in [1.54, 1.807) is 7.11 Å². The average Bonchev–Trinajstić information content (AvgIpc) is 2.53. The van der Waals surface area contributed by atoms with E-state index in [2.05, 4.69) is 10.3 Å². The Bertz CT molecular complexity index is 589. The molecule has 4 nitrogen and oxygen atoms in total. The Kier molecular flexibility index (Phi) is 5.51. The Balaban J connectivity index is 1.87. The van der Waals surface area contributed by atoms with Gasteiger partial charge in [-0.05, 0) is 36.5 Å². The minimum absolute atomic E-state index is 0.680. The highest BCUT2D eigenvalue weighted by atomic mass is 32.1. The van der Waals surface area contributed by atoms with Crippen molar-refractivity contribution in [2.45, 2.75) is 6.42 Å². The molecule has 1 heterocycles. The molecule has 0 aliphatic heterocycles. The number of ether oxygens (including phenoxy) is 1. The molecular weight excluding hydrogens is 282 g/mol. The topological polar surface area (TPSA) is 37.4 Å². The van der Waals surface area contributed by atoms with Crippen LogP contribution in [-0.2, 0) is 6.42 Å². The number of anilines is 1. The van der Waals surface area contributed by atoms with Crippen LogP contribution in [0.25, 0.3) is 0 Å². The van der Waals surface area contributed by atoms with Crippen molar-refractivity contribution in [3.63, 3.8) is 0 Å². The van der Waals surface area contributed by atoms with Gasteiger partial charge in [-0.25, -0.2) is 0 Å². The first-order valence-corrected chi connectivity index (χ1v) is 7.16. The van der Waals surface area contributed by atoms with Crippen molar-refractivity contribution in [3.05, 3.63) is 54.4 Å². The summed E-state index contributed by atoms with van der Waals surface area (Å²) in [6.45, 7) is 0.812. The zero-order chi connectivity index (χ0) is 15.1. The van der Waals surface area contributed by atoms with Crippen molar-refractivity contribution >= 4 is 23.0 Å². The molecule has 1 N–H and O–H groups in total. The smallest absolute Gasteiger partial charge is 0.173 e. The van der Waals surface area contributed by atoms with Crippen LogP contribution in [-0.4, -0.2) is 35.7 Å². The predicted molar refractivity (Wildman–Crippen MR) is 89.8 cm³/mol. The molecule has 0 aliphatic rings. The Morgan fingerprint density at radius 3 is 2.86 bits per heavy atom. The molecule has 21 heavy (non-hydrogen) atoms. The molecule has 1 aromatic carbocycles. The minimum Gasteiger partial charge on any atom is -0.497 e. The lowest BCUT2D eigenvalue weighted by Crippen LogP contribution is -2.32. The monoisotopic (exact) mass is 301 g/mol. The average molecular weight is 301 g/mol. The van der Waals surface area contributed by atoms with Gasteiger partial charge in [-0.15, -0.1) is 0 Å². The highest BCUT2D eigenvalue weighted by molar-refractivity contribution is 7.80. The molecule has 5 heteroatoms. The third-order valence-electron chi connectivity index (χ3n) is 3.10. The number of nitrogens with zero attached hydrogens (tertiary/aromatic N) is 2. The maximum absolute atomic E-state index is 5.41. The lowest BCUT2D eigenvalue weighted by Gasteiger charge is -2.21. The normalized spacial score (nSPS) is 10.0. The molecule has 0 spiro atoms. The van der Waals surface area contributed by atoms with Gasteiger partial charge >= 0.3 is 0 Å². The molecule has 0 unspecified atom stereocenters. The number of thiocarbonyl (C=S) groups is 1. The molecular formula is C16H19N3OS. The summed E-state index contributed by atoms with van der Waals surface area (Å²) in [6, 6.07) is 13.6. The highest BCUT2D eigenvalue weighted by Gasteiger charge is 2.06. The van der Waals surface area contributed by atoms with Crippen LogP contribution >= 0.6 is 12.2 Å². The van der Waals surface area contributed by atoms with Crippen molar-refractivity contribution < 1.29 is 4.74 Å². The highest BCUT2D eigenvalue weighted by Crippen LogP contribution is 2.17. The third-order valence-corrected chi connectivity index (χ3v) is 3.51. The summed E-state index contributed by atoms with van der Waals surface area (Å²) in [5, 5.41) is 3.89. The van der Waals surface area contributed by atoms with Crippen molar-refractivity contribution in [3.8, 4) is 5.75 Å². The second kappa shape index (κ2) is 7.59. The number of nitrogens with one attached hydrogen (secondary N) is 1. The number of benzene rings is 1. The van der Waals surface area contributed by atoms with Gasteiger partial charge < -0.3 is 15.0 Å². The number of aromatic nitrogens is 1. The molecule has 110 valence electrons. The van der Waals surface area contributed by atoms with Crippen LogP contribution in [0.3, 0.4) is 0 Å². The molecule has 2 rings (SSSR count). The Hall–Kier alpha value is -2.14. The number of hydrogen-bond acceptors (Lipinski definition) is 3. The van der Waals surface area contributed by atoms with E-state index in [4.69, 9.17) is 17.0 Å². The lowest BCUT2D eigenvalue weighted by molar-refractivity contribution is 0.415. The van der Waals surface area contributed by atoms with E-state index >= 15 is 0 Å². The molecule has 0 radical (unpaired) electrons.